The number of rotatable bonds is 7. The Balaban J connectivity index is 2.33. The molecule has 0 amide bonds. The van der Waals surface area contributed by atoms with E-state index in [-0.39, 0.29) is 12.1 Å². The van der Waals surface area contributed by atoms with Gasteiger partial charge in [0.05, 0.1) is 12.1 Å². The molecule has 0 aliphatic rings. The minimum atomic E-state index is -0.0348. The molecule has 0 saturated heterocycles. The van der Waals surface area contributed by atoms with Gasteiger partial charge in [-0.05, 0) is 32.9 Å². The van der Waals surface area contributed by atoms with Gasteiger partial charge in [-0.15, -0.1) is 0 Å². The highest BCUT2D eigenvalue weighted by atomic mass is 16.5. The minimum absolute atomic E-state index is 0.0348. The second kappa shape index (κ2) is 7.05. The van der Waals surface area contributed by atoms with Gasteiger partial charge >= 0.3 is 0 Å². The standard InChI is InChI=1S/C15H22N4O/c1-4-9-16-14(15-17-10-18-19-15)12-7-5-6-8-13(12)20-11(2)3/h5-8,10-11,14,16H,4,9H2,1-3H3,(H,17,18,19). The summed E-state index contributed by atoms with van der Waals surface area (Å²) in [5.41, 5.74) is 1.08. The summed E-state index contributed by atoms with van der Waals surface area (Å²) in [5.74, 6) is 1.69. The van der Waals surface area contributed by atoms with Gasteiger partial charge in [0.15, 0.2) is 0 Å². The lowest BCUT2D eigenvalue weighted by atomic mass is 10.0. The van der Waals surface area contributed by atoms with Crippen LogP contribution in [0.4, 0.5) is 0 Å². The molecule has 0 bridgehead atoms. The van der Waals surface area contributed by atoms with E-state index in [9.17, 15) is 0 Å². The summed E-state index contributed by atoms with van der Waals surface area (Å²) in [6, 6.07) is 8.02. The van der Waals surface area contributed by atoms with Crippen LogP contribution in [0.5, 0.6) is 5.75 Å². The molecule has 0 aliphatic heterocycles. The quantitative estimate of drug-likeness (QED) is 0.815. The predicted octanol–water partition coefficient (Wildman–Crippen LogP) is 2.68. The Morgan fingerprint density at radius 3 is 2.75 bits per heavy atom. The van der Waals surface area contributed by atoms with Crippen LogP contribution in [0.2, 0.25) is 0 Å². The monoisotopic (exact) mass is 274 g/mol. The Morgan fingerprint density at radius 2 is 2.10 bits per heavy atom. The number of aromatic nitrogens is 3. The van der Waals surface area contributed by atoms with Gasteiger partial charge < -0.3 is 10.1 Å². The Kier molecular flexibility index (Phi) is 5.12. The molecule has 0 spiro atoms. The van der Waals surface area contributed by atoms with E-state index in [1.807, 2.05) is 32.0 Å². The fourth-order valence-corrected chi connectivity index (χ4v) is 2.08. The van der Waals surface area contributed by atoms with Gasteiger partial charge in [0.25, 0.3) is 0 Å². The first-order chi connectivity index (χ1) is 9.72. The number of aromatic amines is 1. The summed E-state index contributed by atoms with van der Waals surface area (Å²) >= 11 is 0. The van der Waals surface area contributed by atoms with E-state index < -0.39 is 0 Å². The summed E-state index contributed by atoms with van der Waals surface area (Å²) in [6.07, 6.45) is 2.72. The number of H-pyrrole nitrogens is 1. The average molecular weight is 274 g/mol. The van der Waals surface area contributed by atoms with E-state index in [1.54, 1.807) is 0 Å². The maximum Gasteiger partial charge on any atom is 0.146 e. The van der Waals surface area contributed by atoms with Crippen LogP contribution in [0.1, 0.15) is 44.6 Å². The number of ether oxygens (including phenoxy) is 1. The van der Waals surface area contributed by atoms with E-state index in [0.717, 1.165) is 30.1 Å². The van der Waals surface area contributed by atoms with E-state index in [0.29, 0.717) is 0 Å². The van der Waals surface area contributed by atoms with Crippen LogP contribution in [-0.2, 0) is 0 Å². The van der Waals surface area contributed by atoms with Crippen LogP contribution in [0.15, 0.2) is 30.6 Å². The molecule has 1 atom stereocenters. The molecule has 2 rings (SSSR count). The van der Waals surface area contributed by atoms with Gasteiger partial charge in [0.2, 0.25) is 0 Å². The number of nitrogens with one attached hydrogen (secondary N) is 2. The largest absolute Gasteiger partial charge is 0.491 e. The maximum atomic E-state index is 5.90. The topological polar surface area (TPSA) is 62.8 Å². The molecule has 108 valence electrons. The van der Waals surface area contributed by atoms with E-state index in [4.69, 9.17) is 4.74 Å². The lowest BCUT2D eigenvalue weighted by Crippen LogP contribution is -2.25. The fraction of sp³-hybridized carbons (Fsp3) is 0.467. The van der Waals surface area contributed by atoms with Crippen molar-refractivity contribution in [1.29, 1.82) is 0 Å². The summed E-state index contributed by atoms with van der Waals surface area (Å²) in [7, 11) is 0. The van der Waals surface area contributed by atoms with Crippen molar-refractivity contribution in [2.45, 2.75) is 39.3 Å². The lowest BCUT2D eigenvalue weighted by Gasteiger charge is -2.21. The zero-order valence-electron chi connectivity index (χ0n) is 12.3. The highest BCUT2D eigenvalue weighted by Gasteiger charge is 2.20. The number of hydrogen-bond acceptors (Lipinski definition) is 4. The highest BCUT2D eigenvalue weighted by Crippen LogP contribution is 2.28. The second-order valence-corrected chi connectivity index (χ2v) is 4.96. The molecule has 5 nitrogen and oxygen atoms in total. The molecule has 20 heavy (non-hydrogen) atoms. The summed E-state index contributed by atoms with van der Waals surface area (Å²) in [5, 5.41) is 10.4. The zero-order chi connectivity index (χ0) is 14.4. The zero-order valence-corrected chi connectivity index (χ0v) is 12.3. The van der Waals surface area contributed by atoms with E-state index >= 15 is 0 Å². The van der Waals surface area contributed by atoms with Crippen LogP contribution in [-0.4, -0.2) is 27.8 Å². The smallest absolute Gasteiger partial charge is 0.146 e. The van der Waals surface area contributed by atoms with Gasteiger partial charge in [-0.25, -0.2) is 4.98 Å². The Hall–Kier alpha value is -1.88. The van der Waals surface area contributed by atoms with Crippen molar-refractivity contribution in [3.05, 3.63) is 42.0 Å². The van der Waals surface area contributed by atoms with Gasteiger partial charge in [-0.2, -0.15) is 5.10 Å². The molecule has 2 N–H and O–H groups in total. The first-order valence-electron chi connectivity index (χ1n) is 7.06. The van der Waals surface area contributed by atoms with Crippen LogP contribution >= 0.6 is 0 Å². The van der Waals surface area contributed by atoms with Gasteiger partial charge in [0.1, 0.15) is 17.9 Å². The molecule has 1 heterocycles. The van der Waals surface area contributed by atoms with Crippen molar-refractivity contribution in [3.8, 4) is 5.75 Å². The van der Waals surface area contributed by atoms with Crippen molar-refractivity contribution < 1.29 is 4.74 Å². The molecule has 1 aromatic heterocycles. The Bertz CT molecular complexity index is 510. The Labute approximate surface area is 119 Å². The molecule has 0 fully saturated rings. The van der Waals surface area contributed by atoms with Gasteiger partial charge in [-0.3, -0.25) is 5.10 Å². The van der Waals surface area contributed by atoms with E-state index in [1.165, 1.54) is 6.33 Å². The molecule has 0 radical (unpaired) electrons. The molecule has 5 heteroatoms. The molecule has 2 aromatic rings. The third-order valence-electron chi connectivity index (χ3n) is 2.90. The van der Waals surface area contributed by atoms with Crippen molar-refractivity contribution >= 4 is 0 Å². The van der Waals surface area contributed by atoms with Crippen LogP contribution in [0, 0.1) is 0 Å². The van der Waals surface area contributed by atoms with Crippen LogP contribution in [0.3, 0.4) is 0 Å². The van der Waals surface area contributed by atoms with Gasteiger partial charge in [0, 0.05) is 5.56 Å². The molecule has 1 unspecified atom stereocenters. The second-order valence-electron chi connectivity index (χ2n) is 4.96. The van der Waals surface area contributed by atoms with Crippen molar-refractivity contribution in [1.82, 2.24) is 20.5 Å². The first kappa shape index (κ1) is 14.5. The lowest BCUT2D eigenvalue weighted by molar-refractivity contribution is 0.238. The average Bonchev–Trinajstić information content (AvgIpc) is 2.94. The normalized spacial score (nSPS) is 12.6. The summed E-state index contributed by atoms with van der Waals surface area (Å²) in [6.45, 7) is 7.10. The maximum absolute atomic E-state index is 5.90. The molecule has 0 aliphatic carbocycles. The molecule has 1 aromatic carbocycles. The molecule has 0 saturated carbocycles. The molecular weight excluding hydrogens is 252 g/mol. The van der Waals surface area contributed by atoms with Gasteiger partial charge in [-0.1, -0.05) is 25.1 Å². The number of para-hydroxylation sites is 1. The Morgan fingerprint density at radius 1 is 1.30 bits per heavy atom. The summed E-state index contributed by atoms with van der Waals surface area (Å²) in [4.78, 5) is 4.28. The summed E-state index contributed by atoms with van der Waals surface area (Å²) < 4.78 is 5.90. The highest BCUT2D eigenvalue weighted by molar-refractivity contribution is 5.38. The third-order valence-corrected chi connectivity index (χ3v) is 2.90. The number of nitrogens with zero attached hydrogens (tertiary/aromatic N) is 2. The van der Waals surface area contributed by atoms with Crippen molar-refractivity contribution in [3.63, 3.8) is 0 Å². The SMILES string of the molecule is CCCNC(c1ncn[nH]1)c1ccccc1OC(C)C. The fourth-order valence-electron chi connectivity index (χ4n) is 2.08. The van der Waals surface area contributed by atoms with Crippen LogP contribution < -0.4 is 10.1 Å². The van der Waals surface area contributed by atoms with Crippen molar-refractivity contribution in [2.24, 2.45) is 0 Å². The minimum Gasteiger partial charge on any atom is -0.491 e. The number of hydrogen-bond donors (Lipinski definition) is 2. The third kappa shape index (κ3) is 3.57. The van der Waals surface area contributed by atoms with E-state index in [2.05, 4.69) is 33.5 Å². The number of benzene rings is 1. The molecular formula is C15H22N4O. The van der Waals surface area contributed by atoms with Crippen molar-refractivity contribution in [2.75, 3.05) is 6.54 Å². The first-order valence-corrected chi connectivity index (χ1v) is 7.06. The van der Waals surface area contributed by atoms with Crippen LogP contribution in [0.25, 0.3) is 0 Å². The predicted molar refractivity (Wildman–Crippen MR) is 78.7 cm³/mol.